The summed E-state index contributed by atoms with van der Waals surface area (Å²) in [6, 6.07) is 19.0. The number of hydrogen-bond acceptors (Lipinski definition) is 5. The van der Waals surface area contributed by atoms with Crippen LogP contribution in [0.5, 0.6) is 0 Å². The van der Waals surface area contributed by atoms with E-state index in [2.05, 4.69) is 29.5 Å². The molecule has 0 radical (unpaired) electrons. The number of nitrogens with zero attached hydrogens (tertiary/aromatic N) is 3. The van der Waals surface area contributed by atoms with E-state index in [1.807, 2.05) is 60.8 Å². The number of aryl methyl sites for hydroxylation is 1. The highest BCUT2D eigenvalue weighted by Gasteiger charge is 2.36. The fourth-order valence-corrected chi connectivity index (χ4v) is 4.92. The maximum Gasteiger partial charge on any atom is 0.322 e. The van der Waals surface area contributed by atoms with Crippen LogP contribution in [0.25, 0.3) is 16.3 Å². The maximum atomic E-state index is 13.3. The molecule has 34 heavy (non-hydrogen) atoms. The third-order valence-corrected chi connectivity index (χ3v) is 7.24. The minimum atomic E-state index is -0.419. The summed E-state index contributed by atoms with van der Waals surface area (Å²) >= 11 is 7.94. The second-order valence-corrected chi connectivity index (χ2v) is 9.41. The Bertz CT molecular complexity index is 1350. The zero-order valence-corrected chi connectivity index (χ0v) is 20.4. The van der Waals surface area contributed by atoms with Gasteiger partial charge in [-0.1, -0.05) is 72.2 Å². The van der Waals surface area contributed by atoms with Crippen LogP contribution in [-0.4, -0.2) is 21.1 Å². The number of thiophene rings is 1. The van der Waals surface area contributed by atoms with Crippen molar-refractivity contribution >= 4 is 34.5 Å². The molecule has 0 bridgehead atoms. The maximum absolute atomic E-state index is 13.3. The number of carbonyl (C=O) groups excluding carboxylic acids is 1. The summed E-state index contributed by atoms with van der Waals surface area (Å²) in [5, 5.41) is 9.93. The van der Waals surface area contributed by atoms with E-state index in [1.54, 1.807) is 16.2 Å². The van der Waals surface area contributed by atoms with E-state index >= 15 is 0 Å². The average molecular weight is 491 g/mol. The second kappa shape index (κ2) is 9.44. The van der Waals surface area contributed by atoms with Crippen molar-refractivity contribution in [2.75, 3.05) is 0 Å². The number of nitrogens with one attached hydrogen (secondary N) is 1. The molecule has 4 aromatic rings. The van der Waals surface area contributed by atoms with Gasteiger partial charge in [-0.3, -0.25) is 4.90 Å². The molecule has 0 fully saturated rings. The number of carbonyl (C=O) groups is 1. The number of hydrogen-bond donors (Lipinski definition) is 1. The minimum Gasteiger partial charge on any atom is -0.334 e. The molecular weight excluding hydrogens is 468 g/mol. The number of benzene rings is 2. The third-order valence-electron chi connectivity index (χ3n) is 6.00. The SMILES string of the molecule is CCc1ccc(C2NC(=O)N(Cc3ccccc3Cl)C(C)=C2c2nc(-c3cccs3)no2)cc1. The predicted octanol–water partition coefficient (Wildman–Crippen LogP) is 6.71. The van der Waals surface area contributed by atoms with Gasteiger partial charge in [-0.15, -0.1) is 11.3 Å². The van der Waals surface area contributed by atoms with Gasteiger partial charge in [0.25, 0.3) is 5.89 Å². The van der Waals surface area contributed by atoms with E-state index in [0.29, 0.717) is 23.3 Å². The van der Waals surface area contributed by atoms with E-state index in [-0.39, 0.29) is 6.03 Å². The first-order valence-electron chi connectivity index (χ1n) is 11.0. The number of allylic oxidation sites excluding steroid dienone is 1. The monoisotopic (exact) mass is 490 g/mol. The molecule has 2 amide bonds. The minimum absolute atomic E-state index is 0.205. The molecule has 1 unspecified atom stereocenters. The molecule has 8 heteroatoms. The summed E-state index contributed by atoms with van der Waals surface area (Å²) in [5.74, 6) is 0.912. The van der Waals surface area contributed by atoms with E-state index in [9.17, 15) is 4.79 Å². The lowest BCUT2D eigenvalue weighted by Gasteiger charge is -2.35. The largest absolute Gasteiger partial charge is 0.334 e. The molecule has 0 aliphatic carbocycles. The zero-order chi connectivity index (χ0) is 23.7. The Hall–Kier alpha value is -3.42. The Labute approximate surface area is 206 Å². The molecule has 3 heterocycles. The van der Waals surface area contributed by atoms with Crippen molar-refractivity contribution in [3.8, 4) is 10.7 Å². The summed E-state index contributed by atoms with van der Waals surface area (Å²) < 4.78 is 5.74. The predicted molar refractivity (Wildman–Crippen MR) is 134 cm³/mol. The molecule has 2 aromatic heterocycles. The van der Waals surface area contributed by atoms with Crippen molar-refractivity contribution in [2.45, 2.75) is 32.9 Å². The smallest absolute Gasteiger partial charge is 0.322 e. The Morgan fingerprint density at radius 3 is 2.62 bits per heavy atom. The summed E-state index contributed by atoms with van der Waals surface area (Å²) in [7, 11) is 0. The van der Waals surface area contributed by atoms with Gasteiger partial charge in [0.2, 0.25) is 5.82 Å². The highest BCUT2D eigenvalue weighted by atomic mass is 35.5. The summed E-state index contributed by atoms with van der Waals surface area (Å²) in [4.78, 5) is 20.6. The topological polar surface area (TPSA) is 71.3 Å². The van der Waals surface area contributed by atoms with Crippen molar-refractivity contribution in [1.82, 2.24) is 20.4 Å². The molecule has 1 N–H and O–H groups in total. The fraction of sp³-hybridized carbons (Fsp3) is 0.192. The van der Waals surface area contributed by atoms with Gasteiger partial charge in [-0.2, -0.15) is 4.98 Å². The van der Waals surface area contributed by atoms with Gasteiger partial charge in [0.05, 0.1) is 23.0 Å². The van der Waals surface area contributed by atoms with Gasteiger partial charge >= 0.3 is 6.03 Å². The van der Waals surface area contributed by atoms with Crippen LogP contribution in [0.15, 0.2) is 76.3 Å². The van der Waals surface area contributed by atoms with Gasteiger partial charge in [0.15, 0.2) is 0 Å². The van der Waals surface area contributed by atoms with Crippen molar-refractivity contribution in [3.05, 3.63) is 99.3 Å². The lowest BCUT2D eigenvalue weighted by molar-refractivity contribution is 0.203. The standard InChI is InChI=1S/C26H23ClN4O2S/c1-3-17-10-12-18(13-11-17)23-22(25-29-24(30-33-25)21-9-6-14-34-21)16(2)31(26(32)28-23)15-19-7-4-5-8-20(19)27/h4-14,23H,3,15H2,1-2H3,(H,28,32). The first-order chi connectivity index (χ1) is 16.5. The molecule has 0 spiro atoms. The number of rotatable bonds is 6. The lowest BCUT2D eigenvalue weighted by atomic mass is 9.93. The molecular formula is C26H23ClN4O2S. The normalized spacial score (nSPS) is 16.1. The number of urea groups is 1. The van der Waals surface area contributed by atoms with Crippen LogP contribution in [0.2, 0.25) is 5.02 Å². The molecule has 2 aromatic carbocycles. The number of halogens is 1. The van der Waals surface area contributed by atoms with E-state index in [1.165, 1.54) is 5.56 Å². The van der Waals surface area contributed by atoms with Crippen molar-refractivity contribution in [2.24, 2.45) is 0 Å². The van der Waals surface area contributed by atoms with Gasteiger partial charge in [-0.05, 0) is 47.5 Å². The first-order valence-corrected chi connectivity index (χ1v) is 12.3. The molecule has 0 saturated carbocycles. The molecule has 172 valence electrons. The van der Waals surface area contributed by atoms with Crippen LogP contribution in [0, 0.1) is 0 Å². The van der Waals surface area contributed by atoms with Crippen LogP contribution in [0.1, 0.15) is 42.5 Å². The van der Waals surface area contributed by atoms with Crippen LogP contribution in [0.4, 0.5) is 4.79 Å². The van der Waals surface area contributed by atoms with Crippen LogP contribution in [0.3, 0.4) is 0 Å². The molecule has 0 saturated heterocycles. The Balaban J connectivity index is 1.60. The number of aromatic nitrogens is 2. The molecule has 5 rings (SSSR count). The van der Waals surface area contributed by atoms with Crippen molar-refractivity contribution in [3.63, 3.8) is 0 Å². The van der Waals surface area contributed by atoms with Crippen LogP contribution >= 0.6 is 22.9 Å². The lowest BCUT2D eigenvalue weighted by Crippen LogP contribution is -2.45. The molecule has 6 nitrogen and oxygen atoms in total. The highest BCUT2D eigenvalue weighted by Crippen LogP contribution is 2.38. The van der Waals surface area contributed by atoms with Gasteiger partial charge in [0, 0.05) is 10.7 Å². The zero-order valence-electron chi connectivity index (χ0n) is 18.8. The summed E-state index contributed by atoms with van der Waals surface area (Å²) in [6.45, 7) is 4.35. The summed E-state index contributed by atoms with van der Waals surface area (Å²) in [6.07, 6.45) is 0.943. The van der Waals surface area contributed by atoms with Gasteiger partial charge in [-0.25, -0.2) is 4.79 Å². The van der Waals surface area contributed by atoms with Crippen molar-refractivity contribution in [1.29, 1.82) is 0 Å². The second-order valence-electron chi connectivity index (χ2n) is 8.05. The molecule has 1 atom stereocenters. The molecule has 1 aliphatic heterocycles. The fourth-order valence-electron chi connectivity index (χ4n) is 4.08. The van der Waals surface area contributed by atoms with Crippen LogP contribution in [-0.2, 0) is 13.0 Å². The van der Waals surface area contributed by atoms with E-state index < -0.39 is 6.04 Å². The van der Waals surface area contributed by atoms with E-state index in [0.717, 1.165) is 33.7 Å². The van der Waals surface area contributed by atoms with Crippen LogP contribution < -0.4 is 5.32 Å². The Morgan fingerprint density at radius 1 is 1.12 bits per heavy atom. The Morgan fingerprint density at radius 2 is 1.91 bits per heavy atom. The Kier molecular flexibility index (Phi) is 6.22. The van der Waals surface area contributed by atoms with Gasteiger partial charge < -0.3 is 9.84 Å². The highest BCUT2D eigenvalue weighted by molar-refractivity contribution is 7.13. The third kappa shape index (κ3) is 4.24. The molecule has 1 aliphatic rings. The first kappa shape index (κ1) is 22.4. The quantitative estimate of drug-likeness (QED) is 0.326. The van der Waals surface area contributed by atoms with Crippen molar-refractivity contribution < 1.29 is 9.32 Å². The number of amides is 2. The van der Waals surface area contributed by atoms with E-state index in [4.69, 9.17) is 21.1 Å². The summed E-state index contributed by atoms with van der Waals surface area (Å²) in [5.41, 5.74) is 4.55. The van der Waals surface area contributed by atoms with Gasteiger partial charge in [0.1, 0.15) is 0 Å². The average Bonchev–Trinajstić information content (AvgIpc) is 3.55.